The first kappa shape index (κ1) is 10.7. The summed E-state index contributed by atoms with van der Waals surface area (Å²) in [5.41, 5.74) is 4.04. The van der Waals surface area contributed by atoms with Crippen LogP contribution in [0.1, 0.15) is 24.8 Å². The molecule has 1 aromatic rings. The Hall–Kier alpha value is -0.380. The van der Waals surface area contributed by atoms with Gasteiger partial charge >= 0.3 is 0 Å². The number of hydrogen-bond donors (Lipinski definition) is 2. The van der Waals surface area contributed by atoms with Gasteiger partial charge in [0.05, 0.1) is 18.0 Å². The number of rotatable bonds is 5. The number of hydrogen-bond acceptors (Lipinski definition) is 1. The van der Waals surface area contributed by atoms with Gasteiger partial charge in [-0.05, 0) is 25.3 Å². The van der Waals surface area contributed by atoms with Crippen molar-refractivity contribution in [3.05, 3.63) is 22.4 Å². The second kappa shape index (κ2) is 5.37. The third kappa shape index (κ3) is 2.53. The third-order valence-electron chi connectivity index (χ3n) is 2.58. The van der Waals surface area contributed by atoms with Crippen LogP contribution in [-0.4, -0.2) is 19.6 Å². The number of likely N-dealkylation sites (N-methyl/N-ethyl adjacent to an activating group) is 1. The van der Waals surface area contributed by atoms with E-state index >= 15 is 0 Å². The van der Waals surface area contributed by atoms with E-state index in [0.29, 0.717) is 6.04 Å². The third-order valence-corrected chi connectivity index (χ3v) is 3.56. The molecule has 0 aliphatic rings. The zero-order chi connectivity index (χ0) is 9.68. The molecule has 0 aliphatic heterocycles. The molecule has 13 heavy (non-hydrogen) atoms. The van der Waals surface area contributed by atoms with Crippen molar-refractivity contribution in [2.75, 3.05) is 19.6 Å². The van der Waals surface area contributed by atoms with E-state index in [9.17, 15) is 0 Å². The molecule has 0 amide bonds. The van der Waals surface area contributed by atoms with Crippen LogP contribution in [0.15, 0.2) is 17.5 Å². The Labute approximate surface area is 84.4 Å². The van der Waals surface area contributed by atoms with Crippen LogP contribution in [-0.2, 0) is 0 Å². The van der Waals surface area contributed by atoms with Crippen LogP contribution < -0.4 is 10.6 Å². The summed E-state index contributed by atoms with van der Waals surface area (Å²) >= 11 is 1.85. The van der Waals surface area contributed by atoms with Gasteiger partial charge in [-0.3, -0.25) is 0 Å². The highest BCUT2D eigenvalue weighted by molar-refractivity contribution is 7.10. The second-order valence-corrected chi connectivity index (χ2v) is 4.20. The number of thiophene rings is 1. The predicted molar refractivity (Wildman–Crippen MR) is 56.9 cm³/mol. The van der Waals surface area contributed by atoms with Crippen molar-refractivity contribution in [2.45, 2.75) is 19.9 Å². The van der Waals surface area contributed by atoms with E-state index < -0.39 is 0 Å². The van der Waals surface area contributed by atoms with Crippen LogP contribution in [0.5, 0.6) is 0 Å². The molecule has 0 aromatic carbocycles. The normalized spacial score (nSPS) is 13.5. The fourth-order valence-electron chi connectivity index (χ4n) is 1.78. The average Bonchev–Trinajstić information content (AvgIpc) is 2.66. The lowest BCUT2D eigenvalue weighted by atomic mass is 10.2. The molecule has 1 heterocycles. The molecule has 74 valence electrons. The van der Waals surface area contributed by atoms with Crippen molar-refractivity contribution in [3.8, 4) is 0 Å². The first-order chi connectivity index (χ1) is 6.33. The van der Waals surface area contributed by atoms with Crippen molar-refractivity contribution in [2.24, 2.45) is 0 Å². The maximum absolute atomic E-state index is 4.04. The van der Waals surface area contributed by atoms with E-state index in [1.165, 1.54) is 18.0 Å². The van der Waals surface area contributed by atoms with Gasteiger partial charge in [0.1, 0.15) is 6.54 Å². The van der Waals surface area contributed by atoms with Crippen molar-refractivity contribution in [1.82, 2.24) is 0 Å². The molecule has 1 aromatic heterocycles. The van der Waals surface area contributed by atoms with E-state index in [1.54, 1.807) is 4.90 Å². The van der Waals surface area contributed by atoms with Gasteiger partial charge in [-0.25, -0.2) is 0 Å². The first-order valence-electron chi connectivity index (χ1n) is 5.00. The summed E-state index contributed by atoms with van der Waals surface area (Å²) in [6, 6.07) is 4.97. The van der Waals surface area contributed by atoms with Gasteiger partial charge in [0.25, 0.3) is 0 Å². The van der Waals surface area contributed by atoms with Crippen molar-refractivity contribution >= 4 is 11.3 Å². The van der Waals surface area contributed by atoms with Gasteiger partial charge in [-0.1, -0.05) is 6.07 Å². The Morgan fingerprint density at radius 3 is 2.54 bits per heavy atom. The van der Waals surface area contributed by atoms with E-state index in [2.05, 4.69) is 37.1 Å². The maximum atomic E-state index is 4.04. The monoisotopic (exact) mass is 200 g/mol. The lowest BCUT2D eigenvalue weighted by molar-refractivity contribution is -0.934. The molecule has 3 heteroatoms. The van der Waals surface area contributed by atoms with Gasteiger partial charge in [-0.2, -0.15) is 0 Å². The van der Waals surface area contributed by atoms with Gasteiger partial charge in [0, 0.05) is 0 Å². The van der Waals surface area contributed by atoms with Crippen LogP contribution in [0.4, 0.5) is 0 Å². The molecule has 0 spiro atoms. The molecule has 4 N–H and O–H groups in total. The summed E-state index contributed by atoms with van der Waals surface area (Å²) in [6.07, 6.45) is 0. The summed E-state index contributed by atoms with van der Waals surface area (Å²) in [5, 5.41) is 2.15. The number of nitrogens with one attached hydrogen (secondary N) is 1. The highest BCUT2D eigenvalue weighted by Crippen LogP contribution is 2.14. The fourth-order valence-corrected chi connectivity index (χ4v) is 2.70. The second-order valence-electron chi connectivity index (χ2n) is 3.22. The smallest absolute Gasteiger partial charge is 0.172 e. The van der Waals surface area contributed by atoms with Gasteiger partial charge in [0.2, 0.25) is 0 Å². The van der Waals surface area contributed by atoms with Crippen LogP contribution in [0.3, 0.4) is 0 Å². The summed E-state index contributed by atoms with van der Waals surface area (Å²) < 4.78 is 0. The summed E-state index contributed by atoms with van der Waals surface area (Å²) in [5.74, 6) is 0. The Morgan fingerprint density at radius 2 is 2.15 bits per heavy atom. The Bertz CT molecular complexity index is 217. The van der Waals surface area contributed by atoms with Gasteiger partial charge in [0.15, 0.2) is 6.04 Å². The first-order valence-corrected chi connectivity index (χ1v) is 5.88. The van der Waals surface area contributed by atoms with Crippen LogP contribution in [0.2, 0.25) is 0 Å². The number of quaternary nitrogens is 2. The largest absolute Gasteiger partial charge is 0.352 e. The van der Waals surface area contributed by atoms with Crippen LogP contribution >= 0.6 is 11.3 Å². The minimum atomic E-state index is 0.606. The molecular weight excluding hydrogens is 180 g/mol. The zero-order valence-electron chi connectivity index (χ0n) is 8.55. The highest BCUT2D eigenvalue weighted by atomic mass is 32.1. The fraction of sp³-hybridized carbons (Fsp3) is 0.600. The SMILES string of the molecule is CC[NH+](CC)[C@H](C[NH3+])c1cccs1. The Balaban J connectivity index is 2.72. The molecule has 0 saturated carbocycles. The highest BCUT2D eigenvalue weighted by Gasteiger charge is 2.22. The van der Waals surface area contributed by atoms with Crippen LogP contribution in [0, 0.1) is 0 Å². The average molecular weight is 200 g/mol. The lowest BCUT2D eigenvalue weighted by Gasteiger charge is -2.22. The van der Waals surface area contributed by atoms with Crippen LogP contribution in [0.25, 0.3) is 0 Å². The topological polar surface area (TPSA) is 32.1 Å². The molecule has 2 nitrogen and oxygen atoms in total. The predicted octanol–water partition coefficient (Wildman–Crippen LogP) is -0.0442. The van der Waals surface area contributed by atoms with Gasteiger partial charge in [-0.15, -0.1) is 11.3 Å². The van der Waals surface area contributed by atoms with E-state index in [1.807, 2.05) is 11.3 Å². The molecule has 0 saturated heterocycles. The molecular formula is C10H20N2S+2. The van der Waals surface area contributed by atoms with E-state index in [-0.39, 0.29) is 0 Å². The molecule has 0 radical (unpaired) electrons. The maximum Gasteiger partial charge on any atom is 0.172 e. The van der Waals surface area contributed by atoms with E-state index in [0.717, 1.165) is 6.54 Å². The van der Waals surface area contributed by atoms with Crippen molar-refractivity contribution < 1.29 is 10.6 Å². The Morgan fingerprint density at radius 1 is 1.46 bits per heavy atom. The minimum Gasteiger partial charge on any atom is -0.352 e. The minimum absolute atomic E-state index is 0.606. The molecule has 1 rings (SSSR count). The zero-order valence-corrected chi connectivity index (χ0v) is 9.36. The molecule has 0 fully saturated rings. The quantitative estimate of drug-likeness (QED) is 0.668. The molecule has 0 bridgehead atoms. The van der Waals surface area contributed by atoms with Crippen molar-refractivity contribution in [1.29, 1.82) is 0 Å². The van der Waals surface area contributed by atoms with Crippen molar-refractivity contribution in [3.63, 3.8) is 0 Å². The lowest BCUT2D eigenvalue weighted by Crippen LogP contribution is -3.13. The molecule has 0 aliphatic carbocycles. The summed E-state index contributed by atoms with van der Waals surface area (Å²) in [7, 11) is 0. The molecule has 1 atom stereocenters. The van der Waals surface area contributed by atoms with Gasteiger partial charge < -0.3 is 10.6 Å². The van der Waals surface area contributed by atoms with E-state index in [4.69, 9.17) is 0 Å². The Kier molecular flexibility index (Phi) is 4.42. The summed E-state index contributed by atoms with van der Waals surface area (Å²) in [6.45, 7) is 7.87. The standard InChI is InChI=1S/C10H18N2S/c1-3-12(4-2)9(8-11)10-6-5-7-13-10/h5-7,9H,3-4,8,11H2,1-2H3/p+2/t9-/m1/s1. The summed E-state index contributed by atoms with van der Waals surface area (Å²) in [4.78, 5) is 3.12. The molecule has 0 unspecified atom stereocenters.